The average Bonchev–Trinajstić information content (AvgIpc) is 3.28. The Morgan fingerprint density at radius 2 is 1.67 bits per heavy atom. The highest BCUT2D eigenvalue weighted by molar-refractivity contribution is 5.51. The number of hydrogen-bond donors (Lipinski definition) is 0. The van der Waals surface area contributed by atoms with Gasteiger partial charge in [-0.15, -0.1) is 10.2 Å². The molecular formula is C24H29N3O3. The van der Waals surface area contributed by atoms with E-state index in [2.05, 4.69) is 27.2 Å². The summed E-state index contributed by atoms with van der Waals surface area (Å²) >= 11 is 0. The Morgan fingerprint density at radius 3 is 2.40 bits per heavy atom. The van der Waals surface area contributed by atoms with E-state index >= 15 is 0 Å². The number of hydrogen-bond acceptors (Lipinski definition) is 6. The van der Waals surface area contributed by atoms with Crippen LogP contribution in [0.4, 0.5) is 0 Å². The maximum absolute atomic E-state index is 6.00. The van der Waals surface area contributed by atoms with Gasteiger partial charge in [-0.2, -0.15) is 0 Å². The quantitative estimate of drug-likeness (QED) is 0.518. The summed E-state index contributed by atoms with van der Waals surface area (Å²) in [5.74, 6) is 2.72. The molecule has 0 unspecified atom stereocenters. The lowest BCUT2D eigenvalue weighted by Crippen LogP contribution is -2.36. The first kappa shape index (κ1) is 20.4. The van der Waals surface area contributed by atoms with Gasteiger partial charge in [-0.1, -0.05) is 43.5 Å². The maximum Gasteiger partial charge on any atom is 0.247 e. The van der Waals surface area contributed by atoms with E-state index in [0.717, 1.165) is 23.6 Å². The number of rotatable bonds is 8. The van der Waals surface area contributed by atoms with Crippen LogP contribution in [-0.4, -0.2) is 35.4 Å². The first-order valence-corrected chi connectivity index (χ1v) is 10.6. The van der Waals surface area contributed by atoms with E-state index in [0.29, 0.717) is 24.4 Å². The highest BCUT2D eigenvalue weighted by atomic mass is 16.5. The normalized spacial score (nSPS) is 14.8. The molecule has 6 nitrogen and oxygen atoms in total. The molecule has 1 fully saturated rings. The minimum Gasteiger partial charge on any atom is -0.493 e. The van der Waals surface area contributed by atoms with Crippen molar-refractivity contribution in [2.75, 3.05) is 14.2 Å². The lowest BCUT2D eigenvalue weighted by Gasteiger charge is -2.33. The lowest BCUT2D eigenvalue weighted by atomic mass is 9.94. The maximum atomic E-state index is 6.00. The Labute approximate surface area is 177 Å². The monoisotopic (exact) mass is 407 g/mol. The Hall–Kier alpha value is -2.86. The van der Waals surface area contributed by atoms with E-state index in [1.165, 1.54) is 37.7 Å². The van der Waals surface area contributed by atoms with Crippen LogP contribution < -0.4 is 9.47 Å². The van der Waals surface area contributed by atoms with Crippen LogP contribution in [0.3, 0.4) is 0 Å². The van der Waals surface area contributed by atoms with Crippen molar-refractivity contribution in [3.63, 3.8) is 0 Å². The van der Waals surface area contributed by atoms with E-state index in [4.69, 9.17) is 13.9 Å². The zero-order valence-corrected chi connectivity index (χ0v) is 17.7. The molecule has 3 aromatic rings. The van der Waals surface area contributed by atoms with Gasteiger partial charge in [0.05, 0.1) is 20.8 Å². The second-order valence-electron chi connectivity index (χ2n) is 7.75. The van der Waals surface area contributed by atoms with Crippen molar-refractivity contribution in [2.24, 2.45) is 0 Å². The molecule has 0 spiro atoms. The van der Waals surface area contributed by atoms with Gasteiger partial charge in [0, 0.05) is 18.2 Å². The van der Waals surface area contributed by atoms with Crippen molar-refractivity contribution in [1.82, 2.24) is 15.1 Å². The molecule has 6 heteroatoms. The van der Waals surface area contributed by atoms with E-state index in [1.807, 2.05) is 36.4 Å². The molecule has 1 aliphatic carbocycles. The molecule has 1 heterocycles. The van der Waals surface area contributed by atoms with Crippen LogP contribution in [0, 0.1) is 0 Å². The summed E-state index contributed by atoms with van der Waals surface area (Å²) in [5, 5.41) is 8.59. The minimum absolute atomic E-state index is 0.513. The zero-order valence-electron chi connectivity index (χ0n) is 17.7. The molecule has 30 heavy (non-hydrogen) atoms. The number of ether oxygens (including phenoxy) is 2. The molecule has 0 N–H and O–H groups in total. The second-order valence-corrected chi connectivity index (χ2v) is 7.75. The van der Waals surface area contributed by atoms with Crippen molar-refractivity contribution in [2.45, 2.75) is 51.2 Å². The molecule has 0 atom stereocenters. The Morgan fingerprint density at radius 1 is 0.900 bits per heavy atom. The Kier molecular flexibility index (Phi) is 6.64. The lowest BCUT2D eigenvalue weighted by molar-refractivity contribution is 0.128. The largest absolute Gasteiger partial charge is 0.493 e. The van der Waals surface area contributed by atoms with Crippen LogP contribution in [0.1, 0.15) is 43.6 Å². The van der Waals surface area contributed by atoms with Gasteiger partial charge in [0.25, 0.3) is 0 Å². The predicted octanol–water partition coefficient (Wildman–Crippen LogP) is 5.09. The van der Waals surface area contributed by atoms with Crippen LogP contribution in [0.15, 0.2) is 52.9 Å². The van der Waals surface area contributed by atoms with Crippen LogP contribution in [0.25, 0.3) is 11.5 Å². The molecule has 1 aliphatic rings. The Bertz CT molecular complexity index is 936. The van der Waals surface area contributed by atoms with Gasteiger partial charge in [0.1, 0.15) is 0 Å². The topological polar surface area (TPSA) is 60.6 Å². The van der Waals surface area contributed by atoms with Crippen molar-refractivity contribution in [3.8, 4) is 23.0 Å². The summed E-state index contributed by atoms with van der Waals surface area (Å²) in [5.41, 5.74) is 2.13. The summed E-state index contributed by atoms with van der Waals surface area (Å²) in [6.45, 7) is 1.44. The standard InChI is InChI=1S/C24H29N3O3/c1-28-21-14-13-18(15-22(21)29-2)16-27(20-11-7-4-8-12-20)17-23-25-26-24(30-23)19-9-5-3-6-10-19/h3,5-6,9-10,13-15,20H,4,7-8,11-12,16-17H2,1-2H3. The predicted molar refractivity (Wildman–Crippen MR) is 115 cm³/mol. The van der Waals surface area contributed by atoms with Gasteiger partial charge in [-0.05, 0) is 42.7 Å². The first-order chi connectivity index (χ1) is 14.8. The Balaban J connectivity index is 1.54. The second kappa shape index (κ2) is 9.76. The minimum atomic E-state index is 0.513. The van der Waals surface area contributed by atoms with Gasteiger partial charge in [0.2, 0.25) is 11.8 Å². The molecule has 158 valence electrons. The summed E-state index contributed by atoms with van der Waals surface area (Å²) in [4.78, 5) is 2.46. The highest BCUT2D eigenvalue weighted by Gasteiger charge is 2.24. The van der Waals surface area contributed by atoms with E-state index < -0.39 is 0 Å². The summed E-state index contributed by atoms with van der Waals surface area (Å²) in [7, 11) is 3.33. The molecule has 4 rings (SSSR count). The van der Waals surface area contributed by atoms with Crippen molar-refractivity contribution < 1.29 is 13.9 Å². The highest BCUT2D eigenvalue weighted by Crippen LogP contribution is 2.30. The molecule has 0 radical (unpaired) electrons. The molecule has 1 aromatic heterocycles. The number of aromatic nitrogens is 2. The molecule has 0 amide bonds. The zero-order chi connectivity index (χ0) is 20.8. The average molecular weight is 408 g/mol. The van der Waals surface area contributed by atoms with E-state index in [9.17, 15) is 0 Å². The number of nitrogens with zero attached hydrogens (tertiary/aromatic N) is 3. The van der Waals surface area contributed by atoms with Crippen molar-refractivity contribution in [1.29, 1.82) is 0 Å². The van der Waals surface area contributed by atoms with Crippen LogP contribution in [0.2, 0.25) is 0 Å². The third-order valence-corrected chi connectivity index (χ3v) is 5.75. The SMILES string of the molecule is COc1ccc(CN(Cc2nnc(-c3ccccc3)o2)C2CCCCC2)cc1OC. The van der Waals surface area contributed by atoms with Crippen LogP contribution >= 0.6 is 0 Å². The fourth-order valence-electron chi connectivity index (χ4n) is 4.16. The van der Waals surface area contributed by atoms with Crippen LogP contribution in [-0.2, 0) is 13.1 Å². The first-order valence-electron chi connectivity index (χ1n) is 10.6. The van der Waals surface area contributed by atoms with E-state index in [1.54, 1.807) is 14.2 Å². The molecule has 0 saturated heterocycles. The van der Waals surface area contributed by atoms with E-state index in [-0.39, 0.29) is 0 Å². The smallest absolute Gasteiger partial charge is 0.247 e. The molecule has 0 bridgehead atoms. The van der Waals surface area contributed by atoms with Gasteiger partial charge in [0.15, 0.2) is 11.5 Å². The fourth-order valence-corrected chi connectivity index (χ4v) is 4.16. The van der Waals surface area contributed by atoms with Gasteiger partial charge < -0.3 is 13.9 Å². The summed E-state index contributed by atoms with van der Waals surface area (Å²) in [6.07, 6.45) is 6.26. The molecule has 2 aromatic carbocycles. The van der Waals surface area contributed by atoms with Crippen molar-refractivity contribution in [3.05, 3.63) is 60.0 Å². The summed E-state index contributed by atoms with van der Waals surface area (Å²) < 4.78 is 16.9. The summed E-state index contributed by atoms with van der Waals surface area (Å²) in [6, 6.07) is 16.5. The fraction of sp³-hybridized carbons (Fsp3) is 0.417. The number of benzene rings is 2. The van der Waals surface area contributed by atoms with Gasteiger partial charge in [-0.25, -0.2) is 0 Å². The van der Waals surface area contributed by atoms with Crippen molar-refractivity contribution >= 4 is 0 Å². The van der Waals surface area contributed by atoms with Crippen LogP contribution in [0.5, 0.6) is 11.5 Å². The molecule has 0 aliphatic heterocycles. The number of methoxy groups -OCH3 is 2. The van der Waals surface area contributed by atoms with Gasteiger partial charge >= 0.3 is 0 Å². The molecular weight excluding hydrogens is 378 g/mol. The third kappa shape index (κ3) is 4.82. The molecule has 1 saturated carbocycles. The van der Waals surface area contributed by atoms with Gasteiger partial charge in [-0.3, -0.25) is 4.90 Å². The third-order valence-electron chi connectivity index (χ3n) is 5.75.